The van der Waals surface area contributed by atoms with Crippen LogP contribution < -0.4 is 10.5 Å². The van der Waals surface area contributed by atoms with Crippen LogP contribution in [0, 0.1) is 0 Å². The molecule has 0 radical (unpaired) electrons. The Labute approximate surface area is 136 Å². The van der Waals surface area contributed by atoms with Gasteiger partial charge in [0.15, 0.2) is 0 Å². The summed E-state index contributed by atoms with van der Waals surface area (Å²) in [6.07, 6.45) is -4.47. The second-order valence-corrected chi connectivity index (χ2v) is 5.97. The van der Waals surface area contributed by atoms with E-state index in [0.29, 0.717) is 10.2 Å². The van der Waals surface area contributed by atoms with Gasteiger partial charge in [0, 0.05) is 11.0 Å². The van der Waals surface area contributed by atoms with Gasteiger partial charge in [0.05, 0.1) is 10.0 Å². The molecule has 7 heteroatoms. The maximum absolute atomic E-state index is 13.0. The average molecular weight is 425 g/mol. The molecule has 0 fully saturated rings. The van der Waals surface area contributed by atoms with Crippen molar-refractivity contribution in [2.75, 3.05) is 0 Å². The van der Waals surface area contributed by atoms with E-state index in [0.717, 1.165) is 10.5 Å². The third-order valence-corrected chi connectivity index (χ3v) is 3.84. The summed E-state index contributed by atoms with van der Waals surface area (Å²) in [7, 11) is 0. The van der Waals surface area contributed by atoms with E-state index in [1.165, 1.54) is 12.1 Å². The smallest absolute Gasteiger partial charge is 0.416 e. The fourth-order valence-electron chi connectivity index (χ4n) is 1.75. The third-order valence-electron chi connectivity index (χ3n) is 2.73. The molecule has 0 amide bonds. The van der Waals surface area contributed by atoms with Crippen molar-refractivity contribution in [2.45, 2.75) is 12.7 Å². The highest BCUT2D eigenvalue weighted by Crippen LogP contribution is 2.37. The van der Waals surface area contributed by atoms with Crippen LogP contribution in [-0.2, 0) is 12.7 Å². The highest BCUT2D eigenvalue weighted by atomic mass is 79.9. The molecule has 2 aromatic rings. The molecule has 0 aliphatic heterocycles. The molecule has 2 rings (SSSR count). The van der Waals surface area contributed by atoms with Gasteiger partial charge in [-0.15, -0.1) is 0 Å². The fraction of sp³-hybridized carbons (Fsp3) is 0.143. The van der Waals surface area contributed by atoms with E-state index in [1.807, 2.05) is 0 Å². The summed E-state index contributed by atoms with van der Waals surface area (Å²) in [6.45, 7) is -0.183. The van der Waals surface area contributed by atoms with Crippen LogP contribution in [0.1, 0.15) is 11.1 Å². The molecule has 0 saturated heterocycles. The maximum Gasteiger partial charge on any atom is 0.416 e. The van der Waals surface area contributed by atoms with Crippen LogP contribution in [0.4, 0.5) is 13.2 Å². The van der Waals surface area contributed by atoms with Crippen LogP contribution >= 0.6 is 31.9 Å². The van der Waals surface area contributed by atoms with Crippen molar-refractivity contribution in [3.63, 3.8) is 0 Å². The molecule has 21 heavy (non-hydrogen) atoms. The molecule has 2 aromatic carbocycles. The predicted octanol–water partition coefficient (Wildman–Crippen LogP) is 5.48. The summed E-state index contributed by atoms with van der Waals surface area (Å²) < 4.78 is 45.8. The van der Waals surface area contributed by atoms with Gasteiger partial charge < -0.3 is 10.5 Å². The first-order valence-corrected chi connectivity index (χ1v) is 7.43. The molecule has 0 unspecified atom stereocenters. The first-order chi connectivity index (χ1) is 9.81. The van der Waals surface area contributed by atoms with Crippen LogP contribution in [0.15, 0.2) is 45.3 Å². The first-order valence-electron chi connectivity index (χ1n) is 5.84. The number of benzene rings is 2. The predicted molar refractivity (Wildman–Crippen MR) is 81.3 cm³/mol. The van der Waals surface area contributed by atoms with E-state index in [2.05, 4.69) is 31.9 Å². The molecule has 2 nitrogen and oxygen atoms in total. The minimum atomic E-state index is -4.47. The number of halogens is 5. The van der Waals surface area contributed by atoms with Gasteiger partial charge in [-0.25, -0.2) is 0 Å². The SMILES string of the molecule is NCc1ccc(Oc2ccc(Br)cc2Br)cc1C(F)(F)F. The Balaban J connectivity index is 2.37. The molecule has 0 aliphatic rings. The number of rotatable bonds is 3. The molecule has 0 heterocycles. The lowest BCUT2D eigenvalue weighted by molar-refractivity contribution is -0.138. The molecule has 2 N–H and O–H groups in total. The topological polar surface area (TPSA) is 35.2 Å². The van der Waals surface area contributed by atoms with Gasteiger partial charge >= 0.3 is 6.18 Å². The normalized spacial score (nSPS) is 11.5. The fourth-order valence-corrected chi connectivity index (χ4v) is 2.87. The molecule has 0 atom stereocenters. The lowest BCUT2D eigenvalue weighted by Gasteiger charge is -2.14. The second-order valence-electron chi connectivity index (χ2n) is 4.20. The van der Waals surface area contributed by atoms with Crippen LogP contribution in [0.25, 0.3) is 0 Å². The van der Waals surface area contributed by atoms with E-state index in [-0.39, 0.29) is 17.9 Å². The Morgan fingerprint density at radius 3 is 2.33 bits per heavy atom. The second kappa shape index (κ2) is 6.37. The zero-order valence-electron chi connectivity index (χ0n) is 10.5. The number of ether oxygens (including phenoxy) is 1. The minimum Gasteiger partial charge on any atom is -0.456 e. The zero-order valence-corrected chi connectivity index (χ0v) is 13.7. The number of hydrogen-bond donors (Lipinski definition) is 1. The summed E-state index contributed by atoms with van der Waals surface area (Å²) in [5, 5.41) is 0. The number of nitrogens with two attached hydrogens (primary N) is 1. The van der Waals surface area contributed by atoms with Gasteiger partial charge in [-0.1, -0.05) is 22.0 Å². The van der Waals surface area contributed by atoms with E-state index < -0.39 is 11.7 Å². The van der Waals surface area contributed by atoms with Gasteiger partial charge in [-0.3, -0.25) is 0 Å². The summed E-state index contributed by atoms with van der Waals surface area (Å²) in [6, 6.07) is 8.87. The van der Waals surface area contributed by atoms with Crippen molar-refractivity contribution in [2.24, 2.45) is 5.73 Å². The Bertz CT molecular complexity index is 659. The Hall–Kier alpha value is -1.05. The van der Waals surface area contributed by atoms with Crippen molar-refractivity contribution >= 4 is 31.9 Å². The highest BCUT2D eigenvalue weighted by molar-refractivity contribution is 9.11. The van der Waals surface area contributed by atoms with E-state index in [4.69, 9.17) is 10.5 Å². The summed E-state index contributed by atoms with van der Waals surface area (Å²) in [4.78, 5) is 0. The molecule has 0 spiro atoms. The zero-order chi connectivity index (χ0) is 15.6. The molecule has 0 aromatic heterocycles. The summed E-state index contributed by atoms with van der Waals surface area (Å²) in [5.41, 5.74) is 4.59. The molecule has 112 valence electrons. The number of alkyl halides is 3. The standard InChI is InChI=1S/C14H10Br2F3NO/c15-9-2-4-13(12(16)5-9)21-10-3-1-8(7-20)11(6-10)14(17,18)19/h1-6H,7,20H2. The molecule has 0 bridgehead atoms. The lowest BCUT2D eigenvalue weighted by Crippen LogP contribution is -2.12. The molecular weight excluding hydrogens is 415 g/mol. The van der Waals surface area contributed by atoms with E-state index in [9.17, 15) is 13.2 Å². The van der Waals surface area contributed by atoms with E-state index >= 15 is 0 Å². The Morgan fingerprint density at radius 2 is 1.76 bits per heavy atom. The van der Waals surface area contributed by atoms with Gasteiger partial charge in [-0.2, -0.15) is 13.2 Å². The average Bonchev–Trinajstić information content (AvgIpc) is 2.41. The maximum atomic E-state index is 13.0. The molecule has 0 aliphatic carbocycles. The van der Waals surface area contributed by atoms with Crippen molar-refractivity contribution in [3.05, 3.63) is 56.5 Å². The van der Waals surface area contributed by atoms with Crippen molar-refractivity contribution in [3.8, 4) is 11.5 Å². The summed E-state index contributed by atoms with van der Waals surface area (Å²) in [5.74, 6) is 0.523. The minimum absolute atomic E-state index is 0.0321. The Kier molecular flexibility index (Phi) is 4.95. The molecular formula is C14H10Br2F3NO. The van der Waals surface area contributed by atoms with Crippen LogP contribution in [-0.4, -0.2) is 0 Å². The first kappa shape index (κ1) is 16.3. The van der Waals surface area contributed by atoms with Gasteiger partial charge in [0.1, 0.15) is 11.5 Å². The van der Waals surface area contributed by atoms with Crippen molar-refractivity contribution < 1.29 is 17.9 Å². The van der Waals surface area contributed by atoms with Crippen molar-refractivity contribution in [1.82, 2.24) is 0 Å². The van der Waals surface area contributed by atoms with Gasteiger partial charge in [0.2, 0.25) is 0 Å². The monoisotopic (exact) mass is 423 g/mol. The molecule has 0 saturated carbocycles. The Morgan fingerprint density at radius 1 is 1.05 bits per heavy atom. The van der Waals surface area contributed by atoms with Crippen LogP contribution in [0.3, 0.4) is 0 Å². The lowest BCUT2D eigenvalue weighted by atomic mass is 10.1. The van der Waals surface area contributed by atoms with Gasteiger partial charge in [0.25, 0.3) is 0 Å². The quantitative estimate of drug-likeness (QED) is 0.707. The van der Waals surface area contributed by atoms with Crippen LogP contribution in [0.5, 0.6) is 11.5 Å². The largest absolute Gasteiger partial charge is 0.456 e. The number of hydrogen-bond acceptors (Lipinski definition) is 2. The van der Waals surface area contributed by atoms with Gasteiger partial charge in [-0.05, 0) is 51.8 Å². The van der Waals surface area contributed by atoms with E-state index in [1.54, 1.807) is 18.2 Å². The van der Waals surface area contributed by atoms with Crippen LogP contribution in [0.2, 0.25) is 0 Å². The highest BCUT2D eigenvalue weighted by Gasteiger charge is 2.33. The van der Waals surface area contributed by atoms with Crippen molar-refractivity contribution in [1.29, 1.82) is 0 Å². The summed E-state index contributed by atoms with van der Waals surface area (Å²) >= 11 is 6.58. The third kappa shape index (κ3) is 3.99.